The molecule has 0 atom stereocenters. The fourth-order valence-electron chi connectivity index (χ4n) is 3.63. The smallest absolute Gasteiger partial charge is 0.225 e. The largest absolute Gasteiger partial charge is 0.497 e. The number of hydrogen-bond donors (Lipinski definition) is 2. The monoisotopic (exact) mass is 398 g/mol. The van der Waals surface area contributed by atoms with E-state index in [1.54, 1.807) is 7.11 Å². The van der Waals surface area contributed by atoms with Crippen molar-refractivity contribution in [1.82, 2.24) is 9.97 Å². The van der Waals surface area contributed by atoms with E-state index in [0.29, 0.717) is 18.5 Å². The van der Waals surface area contributed by atoms with Crippen LogP contribution in [0.15, 0.2) is 48.5 Å². The highest BCUT2D eigenvalue weighted by Crippen LogP contribution is 2.26. The number of methoxy groups -OCH3 is 1. The molecule has 0 saturated heterocycles. The van der Waals surface area contributed by atoms with E-state index in [-0.39, 0.29) is 12.4 Å². The molecule has 1 aromatic heterocycles. The van der Waals surface area contributed by atoms with E-state index in [2.05, 4.69) is 16.7 Å². The van der Waals surface area contributed by atoms with Crippen molar-refractivity contribution in [3.8, 4) is 5.75 Å². The lowest BCUT2D eigenvalue weighted by atomic mass is 9.95. The van der Waals surface area contributed by atoms with Gasteiger partial charge in [0.05, 0.1) is 12.6 Å². The minimum atomic E-state index is 0. The van der Waals surface area contributed by atoms with Crippen molar-refractivity contribution in [2.75, 3.05) is 17.7 Å². The Morgan fingerprint density at radius 1 is 0.964 bits per heavy atom. The van der Waals surface area contributed by atoms with Gasteiger partial charge < -0.3 is 15.4 Å². The second-order valence-electron chi connectivity index (χ2n) is 7.09. The summed E-state index contributed by atoms with van der Waals surface area (Å²) in [5.74, 6) is 2.45. The number of aromatic nitrogens is 2. The van der Waals surface area contributed by atoms with Crippen molar-refractivity contribution in [1.29, 1.82) is 0 Å². The highest BCUT2D eigenvalue weighted by atomic mass is 35.5. The molecule has 2 aromatic carbocycles. The van der Waals surface area contributed by atoms with Crippen LogP contribution in [0.25, 0.3) is 10.9 Å². The fraction of sp³-hybridized carbons (Fsp3) is 0.364. The minimum absolute atomic E-state index is 0. The molecular weight excluding hydrogens is 372 g/mol. The van der Waals surface area contributed by atoms with Crippen molar-refractivity contribution in [2.24, 2.45) is 0 Å². The first-order valence-corrected chi connectivity index (χ1v) is 9.72. The lowest BCUT2D eigenvalue weighted by Gasteiger charge is -2.24. The molecule has 2 N–H and O–H groups in total. The van der Waals surface area contributed by atoms with Gasteiger partial charge in [0, 0.05) is 18.0 Å². The maximum atomic E-state index is 5.21. The first kappa shape index (κ1) is 20.2. The summed E-state index contributed by atoms with van der Waals surface area (Å²) in [5, 5.41) is 8.12. The van der Waals surface area contributed by atoms with Crippen LogP contribution in [0, 0.1) is 0 Å². The Morgan fingerprint density at radius 2 is 1.71 bits per heavy atom. The van der Waals surface area contributed by atoms with Gasteiger partial charge in [0.2, 0.25) is 5.95 Å². The van der Waals surface area contributed by atoms with Crippen molar-refractivity contribution in [3.05, 3.63) is 54.1 Å². The average Bonchev–Trinajstić information content (AvgIpc) is 2.73. The summed E-state index contributed by atoms with van der Waals surface area (Å²) < 4.78 is 5.21. The Bertz CT molecular complexity index is 895. The van der Waals surface area contributed by atoms with Gasteiger partial charge in [0.25, 0.3) is 0 Å². The average molecular weight is 399 g/mol. The zero-order valence-corrected chi connectivity index (χ0v) is 17.0. The van der Waals surface area contributed by atoms with E-state index >= 15 is 0 Å². The van der Waals surface area contributed by atoms with Crippen LogP contribution >= 0.6 is 12.4 Å². The Balaban J connectivity index is 0.00000225. The van der Waals surface area contributed by atoms with Crippen molar-refractivity contribution in [2.45, 2.75) is 44.7 Å². The summed E-state index contributed by atoms with van der Waals surface area (Å²) in [5.41, 5.74) is 2.12. The predicted molar refractivity (Wildman–Crippen MR) is 118 cm³/mol. The van der Waals surface area contributed by atoms with Crippen LogP contribution in [0.2, 0.25) is 0 Å². The maximum absolute atomic E-state index is 5.21. The Labute approximate surface area is 172 Å². The Hall–Kier alpha value is -2.53. The van der Waals surface area contributed by atoms with E-state index in [0.717, 1.165) is 28.0 Å². The summed E-state index contributed by atoms with van der Waals surface area (Å²) >= 11 is 0. The van der Waals surface area contributed by atoms with Crippen molar-refractivity contribution in [3.63, 3.8) is 0 Å². The van der Waals surface area contributed by atoms with Gasteiger partial charge in [-0.1, -0.05) is 43.5 Å². The Morgan fingerprint density at radius 3 is 2.46 bits per heavy atom. The highest BCUT2D eigenvalue weighted by molar-refractivity contribution is 5.90. The topological polar surface area (TPSA) is 59.1 Å². The molecule has 0 bridgehead atoms. The number of benzene rings is 2. The molecule has 0 amide bonds. The molecule has 148 valence electrons. The van der Waals surface area contributed by atoms with Gasteiger partial charge in [-0.25, -0.2) is 4.98 Å². The van der Waals surface area contributed by atoms with Crippen molar-refractivity contribution < 1.29 is 4.74 Å². The predicted octanol–water partition coefficient (Wildman–Crippen LogP) is 5.42. The fourth-order valence-corrected chi connectivity index (χ4v) is 3.63. The van der Waals surface area contributed by atoms with Crippen LogP contribution < -0.4 is 15.4 Å². The van der Waals surface area contributed by atoms with Crippen molar-refractivity contribution >= 4 is 35.1 Å². The number of ether oxygens (including phenoxy) is 1. The molecule has 0 spiro atoms. The van der Waals surface area contributed by atoms with E-state index < -0.39 is 0 Å². The van der Waals surface area contributed by atoms with Gasteiger partial charge in [0.15, 0.2) is 0 Å². The zero-order valence-electron chi connectivity index (χ0n) is 16.1. The number of halogens is 1. The summed E-state index contributed by atoms with van der Waals surface area (Å²) in [4.78, 5) is 9.48. The number of anilines is 2. The first-order chi connectivity index (χ1) is 13.3. The summed E-state index contributed by atoms with van der Waals surface area (Å²) in [6.45, 7) is 0.672. The van der Waals surface area contributed by atoms with E-state index in [1.807, 2.05) is 42.5 Å². The molecule has 5 nitrogen and oxygen atoms in total. The SMILES string of the molecule is COc1ccc(CNc2nc(NC3CCCCC3)c3ccccc3n2)cc1.Cl. The molecule has 0 radical (unpaired) electrons. The van der Waals surface area contributed by atoms with Crippen LogP contribution in [-0.2, 0) is 6.54 Å². The number of nitrogens with one attached hydrogen (secondary N) is 2. The maximum Gasteiger partial charge on any atom is 0.225 e. The van der Waals surface area contributed by atoms with E-state index in [1.165, 1.54) is 32.1 Å². The lowest BCUT2D eigenvalue weighted by Crippen LogP contribution is -2.23. The number of hydrogen-bond acceptors (Lipinski definition) is 5. The molecule has 3 aromatic rings. The number of para-hydroxylation sites is 1. The summed E-state index contributed by atoms with van der Waals surface area (Å²) in [6, 6.07) is 16.7. The molecule has 1 aliphatic rings. The third-order valence-corrected chi connectivity index (χ3v) is 5.16. The van der Waals surface area contributed by atoms with Gasteiger partial charge in [0.1, 0.15) is 11.6 Å². The van der Waals surface area contributed by atoms with Crippen LogP contribution in [0.5, 0.6) is 5.75 Å². The molecule has 1 saturated carbocycles. The van der Waals surface area contributed by atoms with Crippen LogP contribution in [0.4, 0.5) is 11.8 Å². The molecule has 1 aliphatic carbocycles. The quantitative estimate of drug-likeness (QED) is 0.580. The molecule has 1 fully saturated rings. The van der Waals surface area contributed by atoms with Gasteiger partial charge >= 0.3 is 0 Å². The van der Waals surface area contributed by atoms with Gasteiger partial charge in [-0.15, -0.1) is 12.4 Å². The third-order valence-electron chi connectivity index (χ3n) is 5.16. The molecule has 0 unspecified atom stereocenters. The minimum Gasteiger partial charge on any atom is -0.497 e. The number of nitrogens with zero attached hydrogens (tertiary/aromatic N) is 2. The standard InChI is InChI=1S/C22H26N4O.ClH/c1-27-18-13-11-16(12-14-18)15-23-22-25-20-10-6-5-9-19(20)21(26-22)24-17-7-3-2-4-8-17;/h5-6,9-14,17H,2-4,7-8,15H2,1H3,(H2,23,24,25,26);1H. The molecular formula is C22H27ClN4O. The first-order valence-electron chi connectivity index (χ1n) is 9.72. The van der Waals surface area contributed by atoms with Crippen LogP contribution in [0.1, 0.15) is 37.7 Å². The second-order valence-corrected chi connectivity index (χ2v) is 7.09. The van der Waals surface area contributed by atoms with Crippen LogP contribution in [0.3, 0.4) is 0 Å². The molecule has 0 aliphatic heterocycles. The normalized spacial score (nSPS) is 14.3. The summed E-state index contributed by atoms with van der Waals surface area (Å²) in [6.07, 6.45) is 6.36. The lowest BCUT2D eigenvalue weighted by molar-refractivity contribution is 0.414. The van der Waals surface area contributed by atoms with Gasteiger partial charge in [-0.05, 0) is 42.7 Å². The molecule has 6 heteroatoms. The second kappa shape index (κ2) is 9.60. The van der Waals surface area contributed by atoms with Gasteiger partial charge in [-0.3, -0.25) is 0 Å². The summed E-state index contributed by atoms with van der Waals surface area (Å²) in [7, 11) is 1.68. The zero-order chi connectivity index (χ0) is 18.5. The third kappa shape index (κ3) is 4.84. The highest BCUT2D eigenvalue weighted by Gasteiger charge is 2.16. The Kier molecular flexibility index (Phi) is 6.93. The van der Waals surface area contributed by atoms with E-state index in [4.69, 9.17) is 14.7 Å². The van der Waals surface area contributed by atoms with Gasteiger partial charge in [-0.2, -0.15) is 4.98 Å². The number of rotatable bonds is 6. The van der Waals surface area contributed by atoms with Crippen LogP contribution in [-0.4, -0.2) is 23.1 Å². The molecule has 1 heterocycles. The number of fused-ring (bicyclic) bond motifs is 1. The van der Waals surface area contributed by atoms with E-state index in [9.17, 15) is 0 Å². The molecule has 4 rings (SSSR count). The molecule has 28 heavy (non-hydrogen) atoms.